The summed E-state index contributed by atoms with van der Waals surface area (Å²) in [7, 11) is 0. The minimum absolute atomic E-state index is 0.0244. The number of carbonyl (C=O) groups is 2. The van der Waals surface area contributed by atoms with Crippen molar-refractivity contribution in [1.82, 2.24) is 4.37 Å². The van der Waals surface area contributed by atoms with E-state index in [9.17, 15) is 18.4 Å². The smallest absolute Gasteiger partial charge is 0.340 e. The third kappa shape index (κ3) is 2.64. The molecular formula is C12H8F2N2O3S. The van der Waals surface area contributed by atoms with Crippen LogP contribution in [0.3, 0.4) is 0 Å². The molecule has 1 aromatic heterocycles. The molecule has 0 saturated heterocycles. The largest absolute Gasteiger partial charge is 0.478 e. The number of aromatic carboxylic acids is 1. The summed E-state index contributed by atoms with van der Waals surface area (Å²) in [5.41, 5.74) is -0.440. The number of hydrogen-bond acceptors (Lipinski definition) is 4. The van der Waals surface area contributed by atoms with Crippen LogP contribution in [0.2, 0.25) is 0 Å². The van der Waals surface area contributed by atoms with Crippen molar-refractivity contribution in [2.45, 2.75) is 6.92 Å². The maximum Gasteiger partial charge on any atom is 0.340 e. The predicted molar refractivity (Wildman–Crippen MR) is 68.1 cm³/mol. The van der Waals surface area contributed by atoms with Crippen LogP contribution in [-0.4, -0.2) is 21.4 Å². The van der Waals surface area contributed by atoms with Crippen molar-refractivity contribution in [3.8, 4) is 0 Å². The van der Waals surface area contributed by atoms with Crippen LogP contribution in [0, 0.1) is 18.6 Å². The maximum absolute atomic E-state index is 13.4. The van der Waals surface area contributed by atoms with Gasteiger partial charge >= 0.3 is 5.97 Å². The van der Waals surface area contributed by atoms with Gasteiger partial charge in [-0.2, -0.15) is 4.37 Å². The molecule has 1 aromatic carbocycles. The highest BCUT2D eigenvalue weighted by Gasteiger charge is 2.21. The summed E-state index contributed by atoms with van der Waals surface area (Å²) in [4.78, 5) is 22.9. The van der Waals surface area contributed by atoms with E-state index >= 15 is 0 Å². The number of anilines is 1. The number of nitrogens with zero attached hydrogens (tertiary/aromatic N) is 1. The van der Waals surface area contributed by atoms with Crippen LogP contribution in [0.15, 0.2) is 18.2 Å². The Balaban J connectivity index is 2.33. The topological polar surface area (TPSA) is 79.3 Å². The monoisotopic (exact) mass is 298 g/mol. The predicted octanol–water partition coefficient (Wildman–Crippen LogP) is 2.68. The van der Waals surface area contributed by atoms with Crippen molar-refractivity contribution < 1.29 is 23.5 Å². The van der Waals surface area contributed by atoms with E-state index in [0.717, 1.165) is 29.7 Å². The fraction of sp³-hybridized carbons (Fsp3) is 0.0833. The number of nitrogens with one attached hydrogen (secondary N) is 1. The number of halogens is 2. The molecule has 104 valence electrons. The van der Waals surface area contributed by atoms with Gasteiger partial charge in [0.2, 0.25) is 0 Å². The third-order valence-corrected chi connectivity index (χ3v) is 3.33. The third-order valence-electron chi connectivity index (χ3n) is 2.48. The molecule has 0 aliphatic heterocycles. The fourth-order valence-corrected chi connectivity index (χ4v) is 2.33. The molecule has 2 N–H and O–H groups in total. The number of aromatic nitrogens is 1. The van der Waals surface area contributed by atoms with Crippen LogP contribution in [0.5, 0.6) is 0 Å². The van der Waals surface area contributed by atoms with Gasteiger partial charge in [-0.05, 0) is 36.7 Å². The Hall–Kier alpha value is -2.35. The Kier molecular flexibility index (Phi) is 3.75. The van der Waals surface area contributed by atoms with Crippen molar-refractivity contribution in [3.63, 3.8) is 0 Å². The highest BCUT2D eigenvalue weighted by atomic mass is 32.1. The quantitative estimate of drug-likeness (QED) is 0.913. The van der Waals surface area contributed by atoms with Gasteiger partial charge in [0.15, 0.2) is 0 Å². The van der Waals surface area contributed by atoms with E-state index in [4.69, 9.17) is 5.11 Å². The van der Waals surface area contributed by atoms with Crippen LogP contribution in [-0.2, 0) is 0 Å². The molecule has 0 saturated carbocycles. The second-order valence-corrected chi connectivity index (χ2v) is 4.63. The molecule has 20 heavy (non-hydrogen) atoms. The van der Waals surface area contributed by atoms with Crippen molar-refractivity contribution in [1.29, 1.82) is 0 Å². The molecule has 1 heterocycles. The summed E-state index contributed by atoms with van der Waals surface area (Å²) in [6.45, 7) is 1.47. The lowest BCUT2D eigenvalue weighted by atomic mass is 10.2. The van der Waals surface area contributed by atoms with Crippen LogP contribution < -0.4 is 5.32 Å². The van der Waals surface area contributed by atoms with Gasteiger partial charge in [0.25, 0.3) is 5.91 Å². The maximum atomic E-state index is 13.4. The molecule has 5 nitrogen and oxygen atoms in total. The molecule has 0 spiro atoms. The minimum atomic E-state index is -1.26. The summed E-state index contributed by atoms with van der Waals surface area (Å²) < 4.78 is 30.2. The van der Waals surface area contributed by atoms with Crippen molar-refractivity contribution >= 4 is 28.4 Å². The summed E-state index contributed by atoms with van der Waals surface area (Å²) in [6, 6.07) is 2.44. The zero-order chi connectivity index (χ0) is 14.9. The first-order valence-corrected chi connectivity index (χ1v) is 6.13. The lowest BCUT2D eigenvalue weighted by Crippen LogP contribution is -2.15. The van der Waals surface area contributed by atoms with Gasteiger partial charge < -0.3 is 10.4 Å². The molecule has 2 aromatic rings. The number of benzene rings is 1. The summed E-state index contributed by atoms with van der Waals surface area (Å²) in [5, 5.41) is 11.2. The van der Waals surface area contributed by atoms with Crippen molar-refractivity contribution in [2.75, 3.05) is 5.32 Å². The molecule has 0 aliphatic carbocycles. The molecular weight excluding hydrogens is 290 g/mol. The minimum Gasteiger partial charge on any atom is -0.478 e. The van der Waals surface area contributed by atoms with Crippen LogP contribution in [0.4, 0.5) is 13.8 Å². The van der Waals surface area contributed by atoms with E-state index in [-0.39, 0.29) is 16.3 Å². The number of hydrogen-bond donors (Lipinski definition) is 2. The lowest BCUT2D eigenvalue weighted by molar-refractivity contribution is 0.0697. The number of amides is 1. The average Bonchev–Trinajstić information content (AvgIpc) is 2.73. The molecule has 0 unspecified atom stereocenters. The van der Waals surface area contributed by atoms with Gasteiger partial charge in [0.05, 0.1) is 11.3 Å². The highest BCUT2D eigenvalue weighted by Crippen LogP contribution is 2.25. The van der Waals surface area contributed by atoms with Gasteiger partial charge in [-0.3, -0.25) is 4.79 Å². The Bertz CT molecular complexity index is 700. The van der Waals surface area contributed by atoms with E-state index in [1.54, 1.807) is 0 Å². The first-order chi connectivity index (χ1) is 9.40. The molecule has 0 bridgehead atoms. The van der Waals surface area contributed by atoms with E-state index in [2.05, 4.69) is 9.69 Å². The van der Waals surface area contributed by atoms with Gasteiger partial charge in [0.1, 0.15) is 22.2 Å². The van der Waals surface area contributed by atoms with E-state index < -0.39 is 29.1 Å². The average molecular weight is 298 g/mol. The summed E-state index contributed by atoms with van der Waals surface area (Å²) >= 11 is 0.759. The zero-order valence-corrected chi connectivity index (χ0v) is 10.9. The number of rotatable bonds is 3. The fourth-order valence-electron chi connectivity index (χ4n) is 1.55. The Morgan fingerprint density at radius 1 is 1.35 bits per heavy atom. The van der Waals surface area contributed by atoms with Crippen molar-refractivity contribution in [2.24, 2.45) is 0 Å². The normalized spacial score (nSPS) is 10.3. The molecule has 8 heteroatoms. The molecule has 0 fully saturated rings. The van der Waals surface area contributed by atoms with Crippen molar-refractivity contribution in [3.05, 3.63) is 46.7 Å². The highest BCUT2D eigenvalue weighted by molar-refractivity contribution is 7.11. The number of carboxylic acids is 1. The molecule has 2 rings (SSSR count). The number of carbonyl (C=O) groups excluding carboxylic acids is 1. The first kappa shape index (κ1) is 14.1. The van der Waals surface area contributed by atoms with Crippen LogP contribution >= 0.6 is 11.5 Å². The van der Waals surface area contributed by atoms with E-state index in [1.165, 1.54) is 6.92 Å². The molecule has 0 radical (unpaired) electrons. The lowest BCUT2D eigenvalue weighted by Gasteiger charge is -2.05. The van der Waals surface area contributed by atoms with E-state index in [1.807, 2.05) is 0 Å². The summed E-state index contributed by atoms with van der Waals surface area (Å²) in [5.74, 6) is -3.86. The summed E-state index contributed by atoms with van der Waals surface area (Å²) in [6.07, 6.45) is 0. The van der Waals surface area contributed by atoms with Gasteiger partial charge in [-0.25, -0.2) is 13.6 Å². The van der Waals surface area contributed by atoms with Crippen LogP contribution in [0.25, 0.3) is 0 Å². The Morgan fingerprint density at radius 2 is 2.05 bits per heavy atom. The second kappa shape index (κ2) is 5.33. The SMILES string of the molecule is Cc1nsc(NC(=O)c2cc(F)ccc2F)c1C(=O)O. The van der Waals surface area contributed by atoms with Crippen LogP contribution in [0.1, 0.15) is 26.4 Å². The van der Waals surface area contributed by atoms with Gasteiger partial charge in [-0.1, -0.05) is 0 Å². The van der Waals surface area contributed by atoms with Gasteiger partial charge in [-0.15, -0.1) is 0 Å². The molecule has 1 amide bonds. The molecule has 0 aliphatic rings. The number of carboxylic acid groups (broad SMARTS) is 1. The number of aryl methyl sites for hydroxylation is 1. The second-order valence-electron chi connectivity index (χ2n) is 3.86. The zero-order valence-electron chi connectivity index (χ0n) is 10.1. The first-order valence-electron chi connectivity index (χ1n) is 5.36. The Labute approximate surface area is 116 Å². The Morgan fingerprint density at radius 3 is 2.70 bits per heavy atom. The van der Waals surface area contributed by atoms with Gasteiger partial charge in [0, 0.05) is 0 Å². The molecule has 0 atom stereocenters. The van der Waals surface area contributed by atoms with E-state index in [0.29, 0.717) is 0 Å². The standard InChI is InChI=1S/C12H8F2N2O3S/c1-5-9(12(18)19)11(20-16-5)15-10(17)7-4-6(13)2-3-8(7)14/h2-4H,1H3,(H,15,17)(H,18,19).